The van der Waals surface area contributed by atoms with Crippen LogP contribution in [0.2, 0.25) is 0 Å². The van der Waals surface area contributed by atoms with Crippen LogP contribution < -0.4 is 11.1 Å². The molecule has 0 atom stereocenters. The van der Waals surface area contributed by atoms with E-state index >= 15 is 0 Å². The van der Waals surface area contributed by atoms with Crippen molar-refractivity contribution in [2.24, 2.45) is 11.7 Å². The van der Waals surface area contributed by atoms with E-state index in [9.17, 15) is 0 Å². The van der Waals surface area contributed by atoms with Gasteiger partial charge in [0.2, 0.25) is 0 Å². The first-order valence-electron chi connectivity index (χ1n) is 4.82. The van der Waals surface area contributed by atoms with Crippen LogP contribution in [0.4, 0.5) is 0 Å². The summed E-state index contributed by atoms with van der Waals surface area (Å²) in [7, 11) is 0. The molecule has 0 amide bonds. The van der Waals surface area contributed by atoms with Gasteiger partial charge >= 0.3 is 0 Å². The SMILES string of the molecule is NC(=S)NCCC1CCCCC1. The van der Waals surface area contributed by atoms with Crippen LogP contribution in [-0.4, -0.2) is 11.7 Å². The van der Waals surface area contributed by atoms with Crippen LogP contribution in [0.3, 0.4) is 0 Å². The lowest BCUT2D eigenvalue weighted by Gasteiger charge is -2.21. The zero-order chi connectivity index (χ0) is 8.81. The first kappa shape index (κ1) is 9.78. The van der Waals surface area contributed by atoms with Crippen LogP contribution >= 0.6 is 12.2 Å². The van der Waals surface area contributed by atoms with Crippen LogP contribution in [0, 0.1) is 5.92 Å². The number of hydrogen-bond donors (Lipinski definition) is 2. The Morgan fingerprint density at radius 3 is 2.58 bits per heavy atom. The lowest BCUT2D eigenvalue weighted by Crippen LogP contribution is -2.30. The van der Waals surface area contributed by atoms with Gasteiger partial charge in [-0.15, -0.1) is 0 Å². The van der Waals surface area contributed by atoms with Crippen LogP contribution in [0.5, 0.6) is 0 Å². The monoisotopic (exact) mass is 186 g/mol. The maximum atomic E-state index is 5.33. The van der Waals surface area contributed by atoms with Crippen LogP contribution in [-0.2, 0) is 0 Å². The molecule has 0 radical (unpaired) electrons. The second-order valence-electron chi connectivity index (χ2n) is 3.58. The molecule has 2 nitrogen and oxygen atoms in total. The highest BCUT2D eigenvalue weighted by molar-refractivity contribution is 7.80. The van der Waals surface area contributed by atoms with Crippen LogP contribution in [0.25, 0.3) is 0 Å². The fraction of sp³-hybridized carbons (Fsp3) is 0.889. The predicted molar refractivity (Wildman–Crippen MR) is 56.0 cm³/mol. The van der Waals surface area contributed by atoms with Gasteiger partial charge in [0.05, 0.1) is 0 Å². The van der Waals surface area contributed by atoms with Crippen molar-refractivity contribution in [2.45, 2.75) is 38.5 Å². The third-order valence-electron chi connectivity index (χ3n) is 2.58. The van der Waals surface area contributed by atoms with Crippen molar-refractivity contribution >= 4 is 17.3 Å². The lowest BCUT2D eigenvalue weighted by atomic mass is 9.87. The molecule has 3 heteroatoms. The zero-order valence-electron chi connectivity index (χ0n) is 7.51. The van der Waals surface area contributed by atoms with Crippen molar-refractivity contribution in [3.05, 3.63) is 0 Å². The molecular weight excluding hydrogens is 168 g/mol. The number of thiocarbonyl (C=S) groups is 1. The standard InChI is InChI=1S/C9H18N2S/c10-9(12)11-7-6-8-4-2-1-3-5-8/h8H,1-7H2,(H3,10,11,12). The van der Waals surface area contributed by atoms with E-state index in [1.54, 1.807) is 0 Å². The summed E-state index contributed by atoms with van der Waals surface area (Å²) in [6.07, 6.45) is 8.30. The first-order valence-corrected chi connectivity index (χ1v) is 5.23. The zero-order valence-corrected chi connectivity index (χ0v) is 8.33. The molecule has 0 heterocycles. The van der Waals surface area contributed by atoms with E-state index in [-0.39, 0.29) is 0 Å². The third kappa shape index (κ3) is 3.90. The summed E-state index contributed by atoms with van der Waals surface area (Å²) in [6.45, 7) is 0.958. The van der Waals surface area contributed by atoms with Crippen molar-refractivity contribution in [1.29, 1.82) is 0 Å². The Morgan fingerprint density at radius 2 is 2.00 bits per heavy atom. The molecule has 1 aliphatic rings. The number of hydrogen-bond acceptors (Lipinski definition) is 1. The Labute approximate surface area is 79.9 Å². The van der Waals surface area contributed by atoms with Gasteiger partial charge in [0, 0.05) is 6.54 Å². The Kier molecular flexibility index (Phi) is 4.36. The average Bonchev–Trinajstić information content (AvgIpc) is 2.05. The number of nitrogens with one attached hydrogen (secondary N) is 1. The molecule has 0 unspecified atom stereocenters. The Morgan fingerprint density at radius 1 is 1.33 bits per heavy atom. The smallest absolute Gasteiger partial charge is 0.163 e. The summed E-state index contributed by atoms with van der Waals surface area (Å²) in [6, 6.07) is 0. The van der Waals surface area contributed by atoms with E-state index in [1.807, 2.05) is 0 Å². The topological polar surface area (TPSA) is 38.0 Å². The lowest BCUT2D eigenvalue weighted by molar-refractivity contribution is 0.339. The van der Waals surface area contributed by atoms with Gasteiger partial charge in [-0.3, -0.25) is 0 Å². The van der Waals surface area contributed by atoms with E-state index in [4.69, 9.17) is 18.0 Å². The molecule has 0 aromatic carbocycles. The van der Waals surface area contributed by atoms with Crippen molar-refractivity contribution in [3.63, 3.8) is 0 Å². The molecule has 0 aromatic heterocycles. The van der Waals surface area contributed by atoms with E-state index in [0.29, 0.717) is 5.11 Å². The highest BCUT2D eigenvalue weighted by Crippen LogP contribution is 2.25. The van der Waals surface area contributed by atoms with Gasteiger partial charge in [-0.05, 0) is 24.6 Å². The van der Waals surface area contributed by atoms with Crippen LogP contribution in [0.15, 0.2) is 0 Å². The molecule has 0 saturated heterocycles. The average molecular weight is 186 g/mol. The first-order chi connectivity index (χ1) is 5.79. The molecular formula is C9H18N2S. The fourth-order valence-corrected chi connectivity index (χ4v) is 1.98. The van der Waals surface area contributed by atoms with Crippen molar-refractivity contribution < 1.29 is 0 Å². The van der Waals surface area contributed by atoms with Crippen molar-refractivity contribution in [1.82, 2.24) is 5.32 Å². The van der Waals surface area contributed by atoms with E-state index in [1.165, 1.54) is 38.5 Å². The molecule has 0 aromatic rings. The summed E-state index contributed by atoms with van der Waals surface area (Å²) in [4.78, 5) is 0. The molecule has 1 saturated carbocycles. The van der Waals surface area contributed by atoms with Crippen molar-refractivity contribution in [3.8, 4) is 0 Å². The predicted octanol–water partition coefficient (Wildman–Crippen LogP) is 1.79. The van der Waals surface area contributed by atoms with Gasteiger partial charge in [-0.1, -0.05) is 32.1 Å². The molecule has 70 valence electrons. The van der Waals surface area contributed by atoms with Crippen LogP contribution in [0.1, 0.15) is 38.5 Å². The van der Waals surface area contributed by atoms with Gasteiger partial charge in [-0.2, -0.15) is 0 Å². The second-order valence-corrected chi connectivity index (χ2v) is 4.02. The molecule has 0 aliphatic heterocycles. The maximum absolute atomic E-state index is 5.33. The number of rotatable bonds is 3. The quantitative estimate of drug-likeness (QED) is 0.660. The largest absolute Gasteiger partial charge is 0.376 e. The normalized spacial score (nSPS) is 19.0. The van der Waals surface area contributed by atoms with E-state index < -0.39 is 0 Å². The number of nitrogens with two attached hydrogens (primary N) is 1. The molecule has 0 bridgehead atoms. The molecule has 1 rings (SSSR count). The summed E-state index contributed by atoms with van der Waals surface area (Å²) < 4.78 is 0. The Hall–Kier alpha value is -0.310. The highest BCUT2D eigenvalue weighted by Gasteiger charge is 2.12. The summed E-state index contributed by atoms with van der Waals surface area (Å²) in [5.41, 5.74) is 5.33. The maximum Gasteiger partial charge on any atom is 0.163 e. The van der Waals surface area contributed by atoms with E-state index in [0.717, 1.165) is 12.5 Å². The van der Waals surface area contributed by atoms with E-state index in [2.05, 4.69) is 5.32 Å². The Bertz CT molecular complexity index is 141. The van der Waals surface area contributed by atoms with Crippen molar-refractivity contribution in [2.75, 3.05) is 6.54 Å². The minimum Gasteiger partial charge on any atom is -0.376 e. The molecule has 1 fully saturated rings. The fourth-order valence-electron chi connectivity index (χ4n) is 1.88. The minimum atomic E-state index is 0.436. The molecule has 12 heavy (non-hydrogen) atoms. The minimum absolute atomic E-state index is 0.436. The van der Waals surface area contributed by atoms with Gasteiger partial charge in [0.25, 0.3) is 0 Å². The van der Waals surface area contributed by atoms with Gasteiger partial charge in [-0.25, -0.2) is 0 Å². The second kappa shape index (κ2) is 5.36. The molecule has 3 N–H and O–H groups in total. The molecule has 0 spiro atoms. The summed E-state index contributed by atoms with van der Waals surface area (Å²) in [5, 5.41) is 3.44. The molecule has 1 aliphatic carbocycles. The summed E-state index contributed by atoms with van der Waals surface area (Å²) >= 11 is 4.73. The summed E-state index contributed by atoms with van der Waals surface area (Å²) in [5.74, 6) is 0.917. The van der Waals surface area contributed by atoms with Gasteiger partial charge < -0.3 is 11.1 Å². The Balaban J connectivity index is 2.01. The van der Waals surface area contributed by atoms with Gasteiger partial charge in [0.1, 0.15) is 0 Å². The van der Waals surface area contributed by atoms with Gasteiger partial charge in [0.15, 0.2) is 5.11 Å². The highest BCUT2D eigenvalue weighted by atomic mass is 32.1. The third-order valence-corrected chi connectivity index (χ3v) is 2.72.